The molecule has 0 spiro atoms. The van der Waals surface area contributed by atoms with Crippen LogP contribution in [0, 0.1) is 0 Å². The van der Waals surface area contributed by atoms with Gasteiger partial charge in [0, 0.05) is 11.1 Å². The van der Waals surface area contributed by atoms with Crippen LogP contribution in [0.2, 0.25) is 0 Å². The van der Waals surface area contributed by atoms with E-state index in [1.807, 2.05) is 0 Å². The lowest BCUT2D eigenvalue weighted by Crippen LogP contribution is -2.59. The number of carbonyl (C=O) groups excluding carboxylic acids is 2. The van der Waals surface area contributed by atoms with Crippen molar-refractivity contribution in [3.8, 4) is 0 Å². The summed E-state index contributed by atoms with van der Waals surface area (Å²) >= 11 is 0.980. The second-order valence-corrected chi connectivity index (χ2v) is 6.88. The molecule has 8 heteroatoms. The van der Waals surface area contributed by atoms with Crippen LogP contribution in [-0.4, -0.2) is 63.3 Å². The maximum Gasteiger partial charge on any atom is 0.229 e. The van der Waals surface area contributed by atoms with E-state index in [4.69, 9.17) is 9.47 Å². The van der Waals surface area contributed by atoms with Crippen LogP contribution in [0.1, 0.15) is 20.7 Å². The van der Waals surface area contributed by atoms with Crippen LogP contribution in [0.4, 0.5) is 0 Å². The largest absolute Gasteiger partial charge is 0.478 e. The lowest BCUT2D eigenvalue weighted by molar-refractivity contribution is -0.210. The van der Waals surface area contributed by atoms with Crippen molar-refractivity contribution in [2.45, 2.75) is 29.9 Å². The molecule has 0 bridgehead atoms. The molecule has 0 amide bonds. The van der Waals surface area contributed by atoms with E-state index in [0.717, 1.165) is 11.8 Å². The Balaban J connectivity index is 1.73. The van der Waals surface area contributed by atoms with Crippen LogP contribution in [0.3, 0.4) is 0 Å². The van der Waals surface area contributed by atoms with Gasteiger partial charge in [-0.05, 0) is 0 Å². The number of ketones is 2. The van der Waals surface area contributed by atoms with Crippen molar-refractivity contribution in [1.29, 1.82) is 0 Å². The van der Waals surface area contributed by atoms with Gasteiger partial charge in [-0.2, -0.15) is 0 Å². The molecule has 3 aliphatic rings. The minimum Gasteiger partial charge on any atom is -0.478 e. The fraction of sp³-hybridized carbons (Fsp3) is 0.375. The number of Topliss-reactive ketones (excluding diaryl/α,β-unsaturated/α-hetero) is 2. The summed E-state index contributed by atoms with van der Waals surface area (Å²) in [5.41, 5.74) is -0.257. The molecule has 126 valence electrons. The van der Waals surface area contributed by atoms with Gasteiger partial charge in [0.2, 0.25) is 11.6 Å². The Kier molecular flexibility index (Phi) is 3.74. The zero-order chi connectivity index (χ0) is 17.0. The summed E-state index contributed by atoms with van der Waals surface area (Å²) < 4.78 is 11.1. The van der Waals surface area contributed by atoms with Crippen molar-refractivity contribution in [3.63, 3.8) is 0 Å². The summed E-state index contributed by atoms with van der Waals surface area (Å²) in [6.45, 7) is -0.483. The number of ether oxygens (including phenoxy) is 2. The monoisotopic (exact) mass is 350 g/mol. The molecule has 0 saturated carbocycles. The first-order valence-corrected chi connectivity index (χ1v) is 8.29. The highest BCUT2D eigenvalue weighted by atomic mass is 32.2. The average molecular weight is 350 g/mol. The molecule has 7 nitrogen and oxygen atoms in total. The molecule has 5 unspecified atom stereocenters. The minimum atomic E-state index is -1.35. The quantitative estimate of drug-likeness (QED) is 0.641. The van der Waals surface area contributed by atoms with Crippen LogP contribution < -0.4 is 0 Å². The molecular formula is C16H14O7S. The van der Waals surface area contributed by atoms with Crippen LogP contribution in [0.15, 0.2) is 34.9 Å². The van der Waals surface area contributed by atoms with Gasteiger partial charge >= 0.3 is 0 Å². The molecule has 1 aromatic carbocycles. The number of rotatable bonds is 1. The van der Waals surface area contributed by atoms with Crippen molar-refractivity contribution < 1.29 is 34.4 Å². The van der Waals surface area contributed by atoms with Crippen molar-refractivity contribution in [1.82, 2.24) is 0 Å². The predicted molar refractivity (Wildman–Crippen MR) is 82.4 cm³/mol. The van der Waals surface area contributed by atoms with E-state index in [1.165, 1.54) is 0 Å². The van der Waals surface area contributed by atoms with Gasteiger partial charge in [-0.25, -0.2) is 0 Å². The van der Waals surface area contributed by atoms with Gasteiger partial charge < -0.3 is 24.8 Å². The number of aliphatic hydroxyl groups is 3. The number of hydrogen-bond donors (Lipinski definition) is 3. The molecule has 0 aromatic heterocycles. The molecule has 1 saturated heterocycles. The van der Waals surface area contributed by atoms with Gasteiger partial charge in [0.15, 0.2) is 11.9 Å². The summed E-state index contributed by atoms with van der Waals surface area (Å²) in [7, 11) is 0. The van der Waals surface area contributed by atoms with Gasteiger partial charge in [-0.1, -0.05) is 36.0 Å². The zero-order valence-electron chi connectivity index (χ0n) is 12.3. The van der Waals surface area contributed by atoms with Crippen molar-refractivity contribution >= 4 is 23.3 Å². The molecule has 0 radical (unpaired) electrons. The molecule has 1 aliphatic carbocycles. The third kappa shape index (κ3) is 2.15. The molecule has 5 atom stereocenters. The Hall–Kier alpha value is -1.71. The molecule has 2 heterocycles. The Morgan fingerprint density at radius 1 is 1.04 bits per heavy atom. The SMILES string of the molecule is O=C1C2=C(SC3OC(CO)C(O)C(O)C3O2)C(=O)c2ccccc21. The summed E-state index contributed by atoms with van der Waals surface area (Å²) in [5.74, 6) is -0.896. The van der Waals surface area contributed by atoms with E-state index in [9.17, 15) is 24.9 Å². The number of thioether (sulfide) groups is 1. The van der Waals surface area contributed by atoms with E-state index in [0.29, 0.717) is 5.56 Å². The van der Waals surface area contributed by atoms with Gasteiger partial charge in [0.1, 0.15) is 28.7 Å². The normalized spacial score (nSPS) is 35.0. The maximum absolute atomic E-state index is 12.6. The smallest absolute Gasteiger partial charge is 0.229 e. The van der Waals surface area contributed by atoms with E-state index < -0.39 is 42.2 Å². The van der Waals surface area contributed by atoms with Crippen LogP contribution in [-0.2, 0) is 9.47 Å². The zero-order valence-corrected chi connectivity index (χ0v) is 13.1. The molecular weight excluding hydrogens is 336 g/mol. The molecule has 3 N–H and O–H groups in total. The summed E-state index contributed by atoms with van der Waals surface area (Å²) in [5, 5.41) is 29.4. The topological polar surface area (TPSA) is 113 Å². The molecule has 1 fully saturated rings. The van der Waals surface area contributed by atoms with Crippen molar-refractivity contribution in [3.05, 3.63) is 46.1 Å². The predicted octanol–water partition coefficient (Wildman–Crippen LogP) is -0.152. The van der Waals surface area contributed by atoms with Crippen molar-refractivity contribution in [2.24, 2.45) is 0 Å². The number of hydrogen-bond acceptors (Lipinski definition) is 8. The number of carbonyl (C=O) groups is 2. The molecule has 2 aliphatic heterocycles. The standard InChI is InChI=1S/C16H14O7S/c17-5-8-11(20)12(21)14-16(22-8)24-15-10(19)7-4-2-1-3-6(7)9(18)13(15)23-14/h1-4,8,11-12,14,16-17,20-21H,5H2. The first-order valence-electron chi connectivity index (χ1n) is 7.41. The number of fused-ring (bicyclic) bond motifs is 2. The third-order valence-corrected chi connectivity index (χ3v) is 5.57. The Bertz CT molecular complexity index is 759. The first kappa shape index (κ1) is 15.8. The Labute approximate surface area is 140 Å². The summed E-state index contributed by atoms with van der Waals surface area (Å²) in [4.78, 5) is 25.4. The minimum absolute atomic E-state index is 0.123. The van der Waals surface area contributed by atoms with Gasteiger partial charge in [0.25, 0.3) is 0 Å². The number of aliphatic hydroxyl groups excluding tert-OH is 3. The molecule has 4 rings (SSSR count). The Morgan fingerprint density at radius 3 is 2.38 bits per heavy atom. The van der Waals surface area contributed by atoms with Gasteiger partial charge in [-0.3, -0.25) is 9.59 Å². The lowest BCUT2D eigenvalue weighted by Gasteiger charge is -2.44. The van der Waals surface area contributed by atoms with E-state index >= 15 is 0 Å². The summed E-state index contributed by atoms with van der Waals surface area (Å²) in [6.07, 6.45) is -4.68. The van der Waals surface area contributed by atoms with Crippen molar-refractivity contribution in [2.75, 3.05) is 6.61 Å². The third-order valence-electron chi connectivity index (χ3n) is 4.35. The highest BCUT2D eigenvalue weighted by molar-refractivity contribution is 8.04. The maximum atomic E-state index is 12.6. The second-order valence-electron chi connectivity index (χ2n) is 5.77. The van der Waals surface area contributed by atoms with E-state index in [-0.39, 0.29) is 22.0 Å². The second kappa shape index (κ2) is 5.68. The first-order chi connectivity index (χ1) is 11.5. The average Bonchev–Trinajstić information content (AvgIpc) is 2.61. The number of benzene rings is 1. The Morgan fingerprint density at radius 2 is 1.71 bits per heavy atom. The van der Waals surface area contributed by atoms with Gasteiger partial charge in [0.05, 0.1) is 6.61 Å². The van der Waals surface area contributed by atoms with Crippen LogP contribution in [0.25, 0.3) is 0 Å². The van der Waals surface area contributed by atoms with E-state index in [1.54, 1.807) is 24.3 Å². The highest BCUT2D eigenvalue weighted by Gasteiger charge is 2.51. The molecule has 1 aromatic rings. The van der Waals surface area contributed by atoms with E-state index in [2.05, 4.69) is 0 Å². The lowest BCUT2D eigenvalue weighted by atomic mass is 9.93. The van der Waals surface area contributed by atoms with Crippen LogP contribution >= 0.6 is 11.8 Å². The number of allylic oxidation sites excluding steroid dienone is 2. The fourth-order valence-electron chi connectivity index (χ4n) is 3.07. The van der Waals surface area contributed by atoms with Crippen LogP contribution in [0.5, 0.6) is 0 Å². The highest BCUT2D eigenvalue weighted by Crippen LogP contribution is 2.45. The van der Waals surface area contributed by atoms with Gasteiger partial charge in [-0.15, -0.1) is 0 Å². The fourth-order valence-corrected chi connectivity index (χ4v) is 4.32. The summed E-state index contributed by atoms with van der Waals surface area (Å²) in [6, 6.07) is 6.45. The molecule has 24 heavy (non-hydrogen) atoms.